The zero-order valence-electron chi connectivity index (χ0n) is 47.4. The predicted molar refractivity (Wildman–Crippen MR) is 301 cm³/mol. The Morgan fingerprint density at radius 1 is 0.386 bits per heavy atom. The van der Waals surface area contributed by atoms with Gasteiger partial charge >= 0.3 is 0 Å². The number of hydrogen-bond donors (Lipinski definition) is 2. The van der Waals surface area contributed by atoms with Crippen molar-refractivity contribution >= 4 is 23.6 Å². The van der Waals surface area contributed by atoms with E-state index in [-0.39, 0.29) is 35.5 Å². The Bertz CT molecular complexity index is 1300. The Balaban J connectivity index is 4.81. The molecule has 0 bridgehead atoms. The molecule has 10 heteroatoms. The summed E-state index contributed by atoms with van der Waals surface area (Å²) in [7, 11) is 8.02. The smallest absolute Gasteiger partial charge is 0.243 e. The van der Waals surface area contributed by atoms with E-state index in [1.165, 1.54) is 77.0 Å². The molecule has 0 saturated carbocycles. The Labute approximate surface area is 432 Å². The van der Waals surface area contributed by atoms with Gasteiger partial charge < -0.3 is 30.2 Å². The van der Waals surface area contributed by atoms with E-state index in [0.29, 0.717) is 52.1 Å². The van der Waals surface area contributed by atoms with Crippen molar-refractivity contribution in [3.63, 3.8) is 0 Å². The fourth-order valence-electron chi connectivity index (χ4n) is 8.76. The van der Waals surface area contributed by atoms with E-state index >= 15 is 0 Å². The largest absolute Gasteiger partial charge is 0.354 e. The first-order chi connectivity index (χ1) is 33.8. The van der Waals surface area contributed by atoms with Crippen LogP contribution >= 0.6 is 0 Å². The molecule has 0 aromatic rings. The lowest BCUT2D eigenvalue weighted by atomic mass is 10.00. The van der Waals surface area contributed by atoms with Crippen molar-refractivity contribution in [1.29, 1.82) is 0 Å². The van der Waals surface area contributed by atoms with Gasteiger partial charge in [0.2, 0.25) is 23.6 Å². The van der Waals surface area contributed by atoms with E-state index in [1.807, 2.05) is 65.7 Å². The van der Waals surface area contributed by atoms with Crippen LogP contribution in [-0.4, -0.2) is 123 Å². The lowest BCUT2D eigenvalue weighted by Crippen LogP contribution is -2.54. The van der Waals surface area contributed by atoms with E-state index in [4.69, 9.17) is 0 Å². The van der Waals surface area contributed by atoms with Crippen molar-refractivity contribution in [2.45, 2.75) is 233 Å². The zero-order valence-corrected chi connectivity index (χ0v) is 47.4. The Hall–Kier alpha value is -3.24. The van der Waals surface area contributed by atoms with Crippen LogP contribution in [0.25, 0.3) is 0 Å². The van der Waals surface area contributed by atoms with E-state index in [1.54, 1.807) is 0 Å². The molecule has 0 heterocycles. The molecule has 0 aliphatic rings. The zero-order chi connectivity index (χ0) is 52.0. The summed E-state index contributed by atoms with van der Waals surface area (Å²) in [4.78, 5) is 62.5. The lowest BCUT2D eigenvalue weighted by molar-refractivity contribution is -0.142. The van der Waals surface area contributed by atoms with Crippen molar-refractivity contribution in [2.75, 3.05) is 67.5 Å². The van der Waals surface area contributed by atoms with Gasteiger partial charge in [0.25, 0.3) is 0 Å². The molecule has 2 unspecified atom stereocenters. The predicted octanol–water partition coefficient (Wildman–Crippen LogP) is 13.2. The molecule has 4 amide bonds. The summed E-state index contributed by atoms with van der Waals surface area (Å²) < 4.78 is 0. The molecule has 0 radical (unpaired) electrons. The Kier molecular flexibility index (Phi) is 44.6. The van der Waals surface area contributed by atoms with Crippen LogP contribution in [0.15, 0.2) is 48.6 Å². The second-order valence-corrected chi connectivity index (χ2v) is 21.1. The summed E-state index contributed by atoms with van der Waals surface area (Å²) in [6.45, 7) is 16.2. The molecule has 2 atom stereocenters. The van der Waals surface area contributed by atoms with Gasteiger partial charge in [-0.3, -0.25) is 19.2 Å². The topological polar surface area (TPSA) is 105 Å². The number of carbonyl (C=O) groups is 4. The first kappa shape index (κ1) is 66.8. The van der Waals surface area contributed by atoms with Gasteiger partial charge in [0, 0.05) is 52.1 Å². The summed E-state index contributed by atoms with van der Waals surface area (Å²) in [5, 5.41) is 6.32. The second-order valence-electron chi connectivity index (χ2n) is 21.1. The maximum Gasteiger partial charge on any atom is 0.243 e. The van der Waals surface area contributed by atoms with Gasteiger partial charge in [0.1, 0.15) is 12.1 Å². The minimum atomic E-state index is -0.501. The van der Waals surface area contributed by atoms with Crippen molar-refractivity contribution in [3.8, 4) is 0 Å². The summed E-state index contributed by atoms with van der Waals surface area (Å²) in [5.41, 5.74) is 0. The number of hydrogen-bond acceptors (Lipinski definition) is 6. The highest BCUT2D eigenvalue weighted by Crippen LogP contribution is 2.18. The number of rotatable bonds is 47. The third-order valence-corrected chi connectivity index (χ3v) is 13.1. The second kappa shape index (κ2) is 46.8. The maximum absolute atomic E-state index is 13.7. The van der Waals surface area contributed by atoms with E-state index in [0.717, 1.165) is 89.9 Å². The third-order valence-electron chi connectivity index (χ3n) is 13.1. The number of amides is 4. The standard InChI is InChI=1S/C60H112N6O4/c1-11-13-15-17-19-21-23-25-27-29-31-33-35-37-41-45-55(67)65(51-49-63(7)8)57(53(3)4)59(69)61-47-43-39-40-44-48-62-60(70)58(54(5)6)66(52-50-64(9)10)56(68)46-42-38-36-34-32-30-28-26-24-22-20-18-16-14-12-2/h19-22,25-28,53-54,57-58H,11-18,23-24,29-52H2,1-10H3,(H,61,69)(H,62,70)/b21-19-,22-20-,27-25-,28-26-. The molecule has 406 valence electrons. The first-order valence-corrected chi connectivity index (χ1v) is 28.8. The van der Waals surface area contributed by atoms with Gasteiger partial charge in [-0.2, -0.15) is 0 Å². The van der Waals surface area contributed by atoms with Gasteiger partial charge in [0.05, 0.1) is 0 Å². The average molecular weight is 982 g/mol. The van der Waals surface area contributed by atoms with Crippen molar-refractivity contribution < 1.29 is 19.2 Å². The van der Waals surface area contributed by atoms with Crippen LogP contribution in [-0.2, 0) is 19.2 Å². The van der Waals surface area contributed by atoms with Crippen LogP contribution in [0.4, 0.5) is 0 Å². The fraction of sp³-hybridized carbons (Fsp3) is 0.800. The van der Waals surface area contributed by atoms with Crippen molar-refractivity contribution in [3.05, 3.63) is 48.6 Å². The van der Waals surface area contributed by atoms with Crippen LogP contribution in [0, 0.1) is 11.8 Å². The molecule has 0 rings (SSSR count). The molecule has 0 fully saturated rings. The minimum absolute atomic E-state index is 0.00600. The molecular formula is C60H112N6O4. The minimum Gasteiger partial charge on any atom is -0.354 e. The molecule has 2 N–H and O–H groups in total. The number of nitrogens with zero attached hydrogens (tertiary/aromatic N) is 4. The number of nitrogens with one attached hydrogen (secondary N) is 2. The van der Waals surface area contributed by atoms with Crippen LogP contribution in [0.5, 0.6) is 0 Å². The van der Waals surface area contributed by atoms with Crippen LogP contribution in [0.3, 0.4) is 0 Å². The number of unbranched alkanes of at least 4 members (excludes halogenated alkanes) is 19. The van der Waals surface area contributed by atoms with Gasteiger partial charge in [-0.1, -0.05) is 167 Å². The maximum atomic E-state index is 13.7. The molecule has 0 aliphatic carbocycles. The monoisotopic (exact) mass is 981 g/mol. The van der Waals surface area contributed by atoms with Crippen LogP contribution < -0.4 is 10.6 Å². The molecule has 0 aromatic heterocycles. The van der Waals surface area contributed by atoms with Gasteiger partial charge in [-0.15, -0.1) is 0 Å². The molecule has 70 heavy (non-hydrogen) atoms. The number of allylic oxidation sites excluding steroid dienone is 8. The Morgan fingerprint density at radius 3 is 1.00 bits per heavy atom. The van der Waals surface area contributed by atoms with Gasteiger partial charge in [-0.25, -0.2) is 0 Å². The summed E-state index contributed by atoms with van der Waals surface area (Å²) in [6, 6.07) is -1.00. The quantitative estimate of drug-likeness (QED) is 0.0465. The SMILES string of the molecule is CCCCC/C=C\C/C=C\CCCCCCCC(=O)N(CCN(C)C)C(C(=O)NCCCCCCNC(=O)C(C(C)C)N(CCN(C)C)C(=O)CCCCCCC/C=C\C/C=C\CCCCC)C(C)C. The van der Waals surface area contributed by atoms with Gasteiger partial charge in [0.15, 0.2) is 0 Å². The summed E-state index contributed by atoms with van der Waals surface area (Å²) in [6.07, 6.45) is 47.9. The highest BCUT2D eigenvalue weighted by atomic mass is 16.2. The van der Waals surface area contributed by atoms with Crippen LogP contribution in [0.2, 0.25) is 0 Å². The number of carbonyl (C=O) groups excluding carboxylic acids is 4. The third kappa shape index (κ3) is 37.5. The van der Waals surface area contributed by atoms with Gasteiger partial charge in [-0.05, 0) is 130 Å². The first-order valence-electron chi connectivity index (χ1n) is 28.8. The molecule has 0 aliphatic heterocycles. The fourth-order valence-corrected chi connectivity index (χ4v) is 8.76. The summed E-state index contributed by atoms with van der Waals surface area (Å²) in [5.74, 6) is -0.00597. The highest BCUT2D eigenvalue weighted by molar-refractivity contribution is 5.88. The van der Waals surface area contributed by atoms with E-state index in [9.17, 15) is 19.2 Å². The summed E-state index contributed by atoms with van der Waals surface area (Å²) >= 11 is 0. The van der Waals surface area contributed by atoms with E-state index in [2.05, 4.69) is 82.9 Å². The van der Waals surface area contributed by atoms with E-state index < -0.39 is 12.1 Å². The molecule has 0 saturated heterocycles. The Morgan fingerprint density at radius 2 is 0.686 bits per heavy atom. The molecule has 0 spiro atoms. The molecule has 0 aromatic carbocycles. The van der Waals surface area contributed by atoms with Crippen molar-refractivity contribution in [2.24, 2.45) is 11.8 Å². The molecule has 10 nitrogen and oxygen atoms in total. The highest BCUT2D eigenvalue weighted by Gasteiger charge is 2.33. The normalized spacial score (nSPS) is 13.1. The average Bonchev–Trinajstić information content (AvgIpc) is 3.31. The van der Waals surface area contributed by atoms with Crippen molar-refractivity contribution in [1.82, 2.24) is 30.2 Å². The lowest BCUT2D eigenvalue weighted by Gasteiger charge is -2.34. The number of likely N-dealkylation sites (N-methyl/N-ethyl adjacent to an activating group) is 2. The molecular weight excluding hydrogens is 869 g/mol. The van der Waals surface area contributed by atoms with Crippen LogP contribution in [0.1, 0.15) is 221 Å².